The number of thioether (sulfide) groups is 1. The van der Waals surface area contributed by atoms with E-state index in [1.54, 1.807) is 24.8 Å². The number of hydrogen-bond acceptors (Lipinski definition) is 7. The van der Waals surface area contributed by atoms with E-state index in [-0.39, 0.29) is 5.91 Å². The van der Waals surface area contributed by atoms with Crippen molar-refractivity contribution >= 4 is 34.5 Å². The molecule has 1 amide bonds. The summed E-state index contributed by atoms with van der Waals surface area (Å²) < 4.78 is 7.29. The smallest absolute Gasteiger partial charge is 0.254 e. The quantitative estimate of drug-likeness (QED) is 0.469. The predicted molar refractivity (Wildman–Crippen MR) is 114 cm³/mol. The third-order valence-electron chi connectivity index (χ3n) is 5.03. The van der Waals surface area contributed by atoms with Crippen molar-refractivity contribution in [1.29, 1.82) is 0 Å². The maximum Gasteiger partial charge on any atom is 0.254 e. The van der Waals surface area contributed by atoms with Crippen LogP contribution in [0.2, 0.25) is 0 Å². The summed E-state index contributed by atoms with van der Waals surface area (Å²) in [4.78, 5) is 24.2. The summed E-state index contributed by atoms with van der Waals surface area (Å²) in [6, 6.07) is 1.76. The molecular weight excluding hydrogens is 388 g/mol. The SMILES string of the molecule is CCSc1nc(N2CCCC2)c2cnn(CCNC(=O)c3cc(C)oc3C)c2n1. The lowest BCUT2D eigenvalue weighted by Crippen LogP contribution is -2.27. The van der Waals surface area contributed by atoms with Gasteiger partial charge >= 0.3 is 0 Å². The number of amides is 1. The molecule has 3 aromatic rings. The zero-order valence-corrected chi connectivity index (χ0v) is 17.9. The number of anilines is 1. The van der Waals surface area contributed by atoms with Crippen molar-refractivity contribution in [2.75, 3.05) is 30.3 Å². The molecule has 1 saturated heterocycles. The minimum atomic E-state index is -0.134. The van der Waals surface area contributed by atoms with Gasteiger partial charge in [0.15, 0.2) is 10.8 Å². The second-order valence-corrected chi connectivity index (χ2v) is 8.38. The van der Waals surface area contributed by atoms with Crippen LogP contribution >= 0.6 is 11.8 Å². The lowest BCUT2D eigenvalue weighted by molar-refractivity contribution is 0.0950. The molecule has 0 bridgehead atoms. The Labute approximate surface area is 174 Å². The number of hydrogen-bond donors (Lipinski definition) is 1. The number of rotatable bonds is 7. The Bertz CT molecular complexity index is 1020. The van der Waals surface area contributed by atoms with E-state index >= 15 is 0 Å². The number of aryl methyl sites for hydroxylation is 2. The van der Waals surface area contributed by atoms with E-state index < -0.39 is 0 Å². The van der Waals surface area contributed by atoms with E-state index in [1.165, 1.54) is 12.8 Å². The average molecular weight is 415 g/mol. The van der Waals surface area contributed by atoms with Gasteiger partial charge in [-0.3, -0.25) is 4.79 Å². The van der Waals surface area contributed by atoms with Gasteiger partial charge in [-0.15, -0.1) is 0 Å². The van der Waals surface area contributed by atoms with Crippen LogP contribution in [0.3, 0.4) is 0 Å². The van der Waals surface area contributed by atoms with Crippen LogP contribution in [-0.4, -0.2) is 51.0 Å². The molecule has 9 heteroatoms. The Balaban J connectivity index is 1.53. The summed E-state index contributed by atoms with van der Waals surface area (Å²) in [6.07, 6.45) is 4.22. The van der Waals surface area contributed by atoms with E-state index in [4.69, 9.17) is 14.4 Å². The lowest BCUT2D eigenvalue weighted by atomic mass is 10.2. The zero-order valence-electron chi connectivity index (χ0n) is 17.1. The number of carbonyl (C=O) groups is 1. The topological polar surface area (TPSA) is 89.1 Å². The third-order valence-corrected chi connectivity index (χ3v) is 5.76. The highest BCUT2D eigenvalue weighted by molar-refractivity contribution is 7.99. The van der Waals surface area contributed by atoms with Gasteiger partial charge < -0.3 is 14.6 Å². The Kier molecular flexibility index (Phi) is 5.75. The number of furan rings is 1. The predicted octanol–water partition coefficient (Wildman–Crippen LogP) is 3.18. The van der Waals surface area contributed by atoms with Gasteiger partial charge in [-0.2, -0.15) is 5.10 Å². The standard InChI is InChI=1S/C20H26N6O2S/c1-4-29-20-23-17(25-8-5-6-9-25)16-12-22-26(18(16)24-20)10-7-21-19(27)15-11-13(2)28-14(15)3/h11-12H,4-10H2,1-3H3,(H,21,27). The maximum atomic E-state index is 12.4. The maximum absolute atomic E-state index is 12.4. The highest BCUT2D eigenvalue weighted by atomic mass is 32.2. The Morgan fingerprint density at radius 3 is 2.76 bits per heavy atom. The van der Waals surface area contributed by atoms with Gasteiger partial charge in [0.2, 0.25) is 0 Å². The largest absolute Gasteiger partial charge is 0.466 e. The van der Waals surface area contributed by atoms with Crippen LogP contribution in [0.5, 0.6) is 0 Å². The molecule has 3 aromatic heterocycles. The van der Waals surface area contributed by atoms with Gasteiger partial charge in [0, 0.05) is 19.6 Å². The van der Waals surface area contributed by atoms with Crippen LogP contribution in [0, 0.1) is 13.8 Å². The summed E-state index contributed by atoms with van der Waals surface area (Å²) in [7, 11) is 0. The van der Waals surface area contributed by atoms with Gasteiger partial charge in [0.05, 0.1) is 23.7 Å². The second kappa shape index (κ2) is 8.44. The normalized spacial score (nSPS) is 14.1. The average Bonchev–Trinajstić information content (AvgIpc) is 3.42. The molecule has 1 N–H and O–H groups in total. The molecule has 29 heavy (non-hydrogen) atoms. The number of nitrogens with zero attached hydrogens (tertiary/aromatic N) is 5. The van der Waals surface area contributed by atoms with Crippen LogP contribution in [0.25, 0.3) is 11.0 Å². The zero-order chi connectivity index (χ0) is 20.4. The highest BCUT2D eigenvalue weighted by Gasteiger charge is 2.21. The molecule has 0 aromatic carbocycles. The fourth-order valence-corrected chi connectivity index (χ4v) is 4.24. The molecule has 154 valence electrons. The molecule has 0 spiro atoms. The molecule has 1 aliphatic heterocycles. The molecule has 0 saturated carbocycles. The molecule has 0 radical (unpaired) electrons. The fourth-order valence-electron chi connectivity index (χ4n) is 3.68. The first-order valence-corrected chi connectivity index (χ1v) is 11.0. The number of nitrogens with one attached hydrogen (secondary N) is 1. The fraction of sp³-hybridized carbons (Fsp3) is 0.500. The van der Waals surface area contributed by atoms with Crippen LogP contribution < -0.4 is 10.2 Å². The minimum absolute atomic E-state index is 0.134. The molecular formula is C20H26N6O2S. The van der Waals surface area contributed by atoms with E-state index in [2.05, 4.69) is 22.2 Å². The Morgan fingerprint density at radius 1 is 1.28 bits per heavy atom. The number of carbonyl (C=O) groups excluding carboxylic acids is 1. The van der Waals surface area contributed by atoms with Crippen molar-refractivity contribution in [3.8, 4) is 0 Å². The van der Waals surface area contributed by atoms with Gasteiger partial charge in [0.1, 0.15) is 17.3 Å². The van der Waals surface area contributed by atoms with Crippen LogP contribution in [0.4, 0.5) is 5.82 Å². The van der Waals surface area contributed by atoms with E-state index in [9.17, 15) is 4.79 Å². The summed E-state index contributed by atoms with van der Waals surface area (Å²) in [5.74, 6) is 3.12. The number of aromatic nitrogens is 4. The van der Waals surface area contributed by atoms with Crippen molar-refractivity contribution < 1.29 is 9.21 Å². The summed E-state index contributed by atoms with van der Waals surface area (Å²) >= 11 is 1.63. The van der Waals surface area contributed by atoms with E-state index in [0.717, 1.165) is 46.6 Å². The monoisotopic (exact) mass is 414 g/mol. The second-order valence-electron chi connectivity index (χ2n) is 7.14. The van der Waals surface area contributed by atoms with Crippen molar-refractivity contribution in [1.82, 2.24) is 25.1 Å². The van der Waals surface area contributed by atoms with Gasteiger partial charge in [0.25, 0.3) is 5.91 Å². The third kappa shape index (κ3) is 4.10. The first-order chi connectivity index (χ1) is 14.1. The highest BCUT2D eigenvalue weighted by Crippen LogP contribution is 2.29. The van der Waals surface area contributed by atoms with Crippen molar-refractivity contribution in [2.24, 2.45) is 0 Å². The molecule has 1 fully saturated rings. The van der Waals surface area contributed by atoms with Crippen molar-refractivity contribution in [2.45, 2.75) is 45.3 Å². The van der Waals surface area contributed by atoms with Crippen molar-refractivity contribution in [3.05, 3.63) is 29.3 Å². The first-order valence-electron chi connectivity index (χ1n) is 10.0. The van der Waals surface area contributed by atoms with Crippen molar-refractivity contribution in [3.63, 3.8) is 0 Å². The van der Waals surface area contributed by atoms with Crippen LogP contribution in [-0.2, 0) is 6.54 Å². The molecule has 0 unspecified atom stereocenters. The van der Waals surface area contributed by atoms with E-state index in [1.807, 2.05) is 17.8 Å². The van der Waals surface area contributed by atoms with Crippen LogP contribution in [0.15, 0.2) is 21.8 Å². The summed E-state index contributed by atoms with van der Waals surface area (Å²) in [5, 5.41) is 9.22. The Hall–Kier alpha value is -2.55. The molecule has 4 rings (SSSR count). The number of fused-ring (bicyclic) bond motifs is 1. The van der Waals surface area contributed by atoms with Gasteiger partial charge in [-0.25, -0.2) is 14.6 Å². The summed E-state index contributed by atoms with van der Waals surface area (Å²) in [5.41, 5.74) is 1.40. The van der Waals surface area contributed by atoms with Crippen LogP contribution in [0.1, 0.15) is 41.6 Å². The molecule has 0 aliphatic carbocycles. The van der Waals surface area contributed by atoms with E-state index in [0.29, 0.717) is 24.4 Å². The summed E-state index contributed by atoms with van der Waals surface area (Å²) in [6.45, 7) is 8.77. The van der Waals surface area contributed by atoms with Gasteiger partial charge in [-0.1, -0.05) is 18.7 Å². The molecule has 0 atom stereocenters. The lowest BCUT2D eigenvalue weighted by Gasteiger charge is -2.17. The minimum Gasteiger partial charge on any atom is -0.466 e. The van der Waals surface area contributed by atoms with Gasteiger partial charge in [-0.05, 0) is 38.5 Å². The first kappa shape index (κ1) is 19.8. The molecule has 4 heterocycles. The molecule has 8 nitrogen and oxygen atoms in total. The Morgan fingerprint density at radius 2 is 2.07 bits per heavy atom. The molecule has 1 aliphatic rings.